The molecule has 1 aliphatic heterocycles. The van der Waals surface area contributed by atoms with E-state index in [4.69, 9.17) is 69.6 Å². The summed E-state index contributed by atoms with van der Waals surface area (Å²) in [4.78, 5) is 24.8. The molecule has 10 heteroatoms. The number of fused-ring (bicyclic) bond motifs is 5. The number of rotatable bonds is 2. The van der Waals surface area contributed by atoms with Gasteiger partial charge < -0.3 is 0 Å². The van der Waals surface area contributed by atoms with Gasteiger partial charge in [0.05, 0.1) is 27.6 Å². The number of benzene rings is 1. The van der Waals surface area contributed by atoms with Crippen molar-refractivity contribution in [2.75, 3.05) is 11.2 Å². The first-order valence-electron chi connectivity index (χ1n) is 7.38. The van der Waals surface area contributed by atoms with Gasteiger partial charge in [-0.25, -0.2) is 4.90 Å². The summed E-state index contributed by atoms with van der Waals surface area (Å²) in [5.41, 5.74) is 0.420. The molecule has 0 spiro atoms. The van der Waals surface area contributed by atoms with E-state index in [-0.39, 0.29) is 10.1 Å². The maximum Gasteiger partial charge on any atom is 0.240 e. The van der Waals surface area contributed by atoms with Gasteiger partial charge in [-0.2, -0.15) is 0 Å². The third-order valence-corrected chi connectivity index (χ3v) is 10.2. The molecule has 1 aromatic carbocycles. The van der Waals surface area contributed by atoms with Crippen LogP contribution in [-0.2, 0) is 9.59 Å². The molecule has 0 radical (unpaired) electrons. The SMILES string of the molecule is CSc1cccc(N2C(=O)[C@@H]3[C@H](C2=O)[C@]2(Cl)C(Cl)=C(Cl)[C@@]3(Cl)C2(Cl)Cl)c1. The van der Waals surface area contributed by atoms with Crippen molar-refractivity contribution in [3.05, 3.63) is 34.3 Å². The van der Waals surface area contributed by atoms with Gasteiger partial charge >= 0.3 is 0 Å². The van der Waals surface area contributed by atoms with Crippen LogP contribution in [0.1, 0.15) is 0 Å². The summed E-state index contributed by atoms with van der Waals surface area (Å²) < 4.78 is -1.91. The Balaban J connectivity index is 1.89. The third kappa shape index (κ3) is 1.93. The highest BCUT2D eigenvalue weighted by Gasteiger charge is 2.87. The molecule has 26 heavy (non-hydrogen) atoms. The van der Waals surface area contributed by atoms with Gasteiger partial charge in [-0.05, 0) is 24.5 Å². The van der Waals surface area contributed by atoms with Gasteiger partial charge in [0.25, 0.3) is 0 Å². The lowest BCUT2D eigenvalue weighted by Gasteiger charge is -2.34. The fraction of sp³-hybridized carbons (Fsp3) is 0.375. The fourth-order valence-corrected chi connectivity index (χ4v) is 7.38. The summed E-state index contributed by atoms with van der Waals surface area (Å²) in [5, 5.41) is -0.189. The highest BCUT2D eigenvalue weighted by molar-refractivity contribution is 7.98. The minimum absolute atomic E-state index is 0.0945. The van der Waals surface area contributed by atoms with Crippen molar-refractivity contribution in [2.45, 2.75) is 19.0 Å². The molecule has 1 heterocycles. The van der Waals surface area contributed by atoms with Crippen LogP contribution in [0.15, 0.2) is 39.2 Å². The molecule has 1 aromatic rings. The topological polar surface area (TPSA) is 37.4 Å². The van der Waals surface area contributed by atoms with Gasteiger partial charge in [-0.15, -0.1) is 35.0 Å². The lowest BCUT2D eigenvalue weighted by Crippen LogP contribution is -2.50. The zero-order valence-electron chi connectivity index (χ0n) is 12.9. The predicted molar refractivity (Wildman–Crippen MR) is 108 cm³/mol. The van der Waals surface area contributed by atoms with Crippen LogP contribution in [0.3, 0.4) is 0 Å². The van der Waals surface area contributed by atoms with E-state index < -0.39 is 37.7 Å². The Morgan fingerprint density at radius 3 is 1.92 bits per heavy atom. The summed E-state index contributed by atoms with van der Waals surface area (Å²) in [7, 11) is 0. The Hall–Kier alpha value is 0.190. The molecular weight excluding hydrogens is 483 g/mol. The second-order valence-corrected chi connectivity index (χ2v) is 10.4. The van der Waals surface area contributed by atoms with E-state index in [0.29, 0.717) is 5.69 Å². The average Bonchev–Trinajstić information content (AvgIpc) is 2.99. The predicted octanol–water partition coefficient (Wildman–Crippen LogP) is 5.36. The zero-order chi connectivity index (χ0) is 19.2. The first-order valence-corrected chi connectivity index (χ1v) is 10.9. The average molecular weight is 492 g/mol. The normalized spacial score (nSPS) is 37.7. The summed E-state index contributed by atoms with van der Waals surface area (Å²) in [6.45, 7) is 0. The van der Waals surface area contributed by atoms with E-state index >= 15 is 0 Å². The van der Waals surface area contributed by atoms with Crippen LogP contribution in [-0.4, -0.2) is 32.2 Å². The van der Waals surface area contributed by atoms with Crippen LogP contribution in [0.25, 0.3) is 0 Å². The molecule has 2 fully saturated rings. The third-order valence-electron chi connectivity index (χ3n) is 5.22. The monoisotopic (exact) mass is 489 g/mol. The van der Waals surface area contributed by atoms with Gasteiger partial charge in [0.15, 0.2) is 4.33 Å². The summed E-state index contributed by atoms with van der Waals surface area (Å²) in [6, 6.07) is 7.01. The van der Waals surface area contributed by atoms with Crippen LogP contribution in [0, 0.1) is 11.8 Å². The number of anilines is 1. The van der Waals surface area contributed by atoms with Crippen LogP contribution < -0.4 is 4.90 Å². The molecule has 0 N–H and O–H groups in total. The fourth-order valence-electron chi connectivity index (χ4n) is 4.00. The number of hydrogen-bond donors (Lipinski definition) is 0. The Morgan fingerprint density at radius 2 is 1.46 bits per heavy atom. The quantitative estimate of drug-likeness (QED) is 0.317. The van der Waals surface area contributed by atoms with Crippen molar-refractivity contribution < 1.29 is 9.59 Å². The number of amides is 2. The molecule has 3 aliphatic rings. The van der Waals surface area contributed by atoms with E-state index in [0.717, 1.165) is 9.80 Å². The smallest absolute Gasteiger partial charge is 0.240 e. The highest BCUT2D eigenvalue weighted by Crippen LogP contribution is 2.77. The van der Waals surface area contributed by atoms with Gasteiger partial charge in [0, 0.05) is 4.90 Å². The molecule has 2 bridgehead atoms. The van der Waals surface area contributed by atoms with Crippen LogP contribution in [0.5, 0.6) is 0 Å². The molecule has 0 unspecified atom stereocenters. The number of thioether (sulfide) groups is 1. The zero-order valence-corrected chi connectivity index (χ0v) is 18.3. The Bertz CT molecular complexity index is 858. The maximum absolute atomic E-state index is 13.2. The minimum Gasteiger partial charge on any atom is -0.274 e. The number of hydrogen-bond acceptors (Lipinski definition) is 3. The number of nitrogens with zero attached hydrogens (tertiary/aromatic N) is 1. The minimum atomic E-state index is -1.91. The van der Waals surface area contributed by atoms with E-state index in [1.54, 1.807) is 18.2 Å². The number of halogens is 6. The van der Waals surface area contributed by atoms with Crippen molar-refractivity contribution in [1.82, 2.24) is 0 Å². The molecule has 2 aliphatic carbocycles. The Labute approximate surface area is 183 Å². The largest absolute Gasteiger partial charge is 0.274 e. The maximum atomic E-state index is 13.2. The van der Waals surface area contributed by atoms with Gasteiger partial charge in [-0.3, -0.25) is 9.59 Å². The number of alkyl halides is 4. The first-order chi connectivity index (χ1) is 12.0. The molecule has 138 valence electrons. The standard InChI is InChI=1S/C16H9Cl6NO2S/c1-26-7-4-2-3-6(5-7)23-12(24)8-9(13(23)25)15(20)11(18)10(17)14(8,19)16(15,21)22/h2-5,8-9H,1H3/t8-,9+,14+,15-. The van der Waals surface area contributed by atoms with Crippen LogP contribution in [0.2, 0.25) is 0 Å². The van der Waals surface area contributed by atoms with E-state index in [2.05, 4.69) is 0 Å². The molecule has 3 nitrogen and oxygen atoms in total. The number of carbonyl (C=O) groups is 2. The first kappa shape index (κ1) is 19.5. The lowest BCUT2D eigenvalue weighted by atomic mass is 9.84. The summed E-state index contributed by atoms with van der Waals surface area (Å²) in [5.74, 6) is -3.33. The van der Waals surface area contributed by atoms with Gasteiger partial charge in [0.1, 0.15) is 9.75 Å². The number of imide groups is 1. The second kappa shape index (κ2) is 5.85. The van der Waals surface area contributed by atoms with E-state index in [1.807, 2.05) is 12.3 Å². The van der Waals surface area contributed by atoms with Gasteiger partial charge in [0.2, 0.25) is 11.8 Å². The van der Waals surface area contributed by atoms with Crippen LogP contribution in [0.4, 0.5) is 5.69 Å². The van der Waals surface area contributed by atoms with Crippen LogP contribution >= 0.6 is 81.4 Å². The van der Waals surface area contributed by atoms with Crippen molar-refractivity contribution in [1.29, 1.82) is 0 Å². The van der Waals surface area contributed by atoms with Crippen molar-refractivity contribution >= 4 is 98.9 Å². The molecular formula is C16H9Cl6NO2S. The van der Waals surface area contributed by atoms with Gasteiger partial charge in [-0.1, -0.05) is 52.5 Å². The lowest BCUT2D eigenvalue weighted by molar-refractivity contribution is -0.123. The van der Waals surface area contributed by atoms with Crippen molar-refractivity contribution in [2.24, 2.45) is 11.8 Å². The molecule has 4 atom stereocenters. The Kier molecular flexibility index (Phi) is 4.39. The second-order valence-electron chi connectivity index (χ2n) is 6.29. The summed E-state index contributed by atoms with van der Waals surface area (Å²) >= 11 is 40.3. The highest BCUT2D eigenvalue weighted by atomic mass is 35.5. The number of carbonyl (C=O) groups excluding carboxylic acids is 2. The van der Waals surface area contributed by atoms with E-state index in [9.17, 15) is 9.59 Å². The van der Waals surface area contributed by atoms with Crippen molar-refractivity contribution in [3.8, 4) is 0 Å². The molecule has 0 aromatic heterocycles. The summed E-state index contributed by atoms with van der Waals surface area (Å²) in [6.07, 6.45) is 1.89. The molecule has 1 saturated carbocycles. The number of allylic oxidation sites excluding steroid dienone is 2. The molecule has 4 rings (SSSR count). The van der Waals surface area contributed by atoms with Crippen molar-refractivity contribution in [3.63, 3.8) is 0 Å². The van der Waals surface area contributed by atoms with E-state index in [1.165, 1.54) is 11.8 Å². The molecule has 1 saturated heterocycles. The molecule has 2 amide bonds. The Morgan fingerprint density at radius 1 is 0.962 bits per heavy atom.